The molecule has 4 N–H and O–H groups in total. The Balaban J connectivity index is 1.57. The molecule has 0 bridgehead atoms. The minimum atomic E-state index is -0.132. The quantitative estimate of drug-likeness (QED) is 0.772. The minimum absolute atomic E-state index is 0.00920. The van der Waals surface area contributed by atoms with Crippen LogP contribution in [0.3, 0.4) is 0 Å². The molecular formula is C19H24N4O2. The third-order valence-electron chi connectivity index (χ3n) is 4.69. The average Bonchev–Trinajstić information content (AvgIpc) is 2.63. The van der Waals surface area contributed by atoms with Crippen LogP contribution >= 0.6 is 0 Å². The van der Waals surface area contributed by atoms with E-state index in [-0.39, 0.29) is 23.9 Å². The highest BCUT2D eigenvalue weighted by Crippen LogP contribution is 2.21. The number of carbonyl (C=O) groups is 2. The lowest BCUT2D eigenvalue weighted by molar-refractivity contribution is -0.121. The molecule has 0 radical (unpaired) electrons. The van der Waals surface area contributed by atoms with Gasteiger partial charge in [0.1, 0.15) is 5.69 Å². The number of aromatic nitrogens is 1. The van der Waals surface area contributed by atoms with Crippen molar-refractivity contribution in [2.75, 3.05) is 6.54 Å². The van der Waals surface area contributed by atoms with Gasteiger partial charge in [-0.1, -0.05) is 24.3 Å². The number of hydrogen-bond acceptors (Lipinski definition) is 4. The molecule has 3 rings (SSSR count). The first-order valence-corrected chi connectivity index (χ1v) is 8.81. The number of nitrogens with two attached hydrogens (primary N) is 1. The van der Waals surface area contributed by atoms with Crippen LogP contribution in [-0.2, 0) is 4.79 Å². The van der Waals surface area contributed by atoms with E-state index in [1.54, 1.807) is 6.20 Å². The van der Waals surface area contributed by atoms with E-state index in [1.165, 1.54) is 0 Å². The number of carbonyl (C=O) groups excluding carboxylic acids is 2. The maximum absolute atomic E-state index is 12.6. The summed E-state index contributed by atoms with van der Waals surface area (Å²) < 4.78 is 0. The molecule has 0 saturated heterocycles. The van der Waals surface area contributed by atoms with Gasteiger partial charge in [-0.2, -0.15) is 0 Å². The molecule has 0 unspecified atom stereocenters. The fraction of sp³-hybridized carbons (Fsp3) is 0.421. The fourth-order valence-corrected chi connectivity index (χ4v) is 3.37. The number of fused-ring (bicyclic) bond motifs is 1. The van der Waals surface area contributed by atoms with E-state index in [1.807, 2.05) is 30.3 Å². The Morgan fingerprint density at radius 2 is 1.72 bits per heavy atom. The molecule has 1 saturated carbocycles. The molecule has 6 nitrogen and oxygen atoms in total. The van der Waals surface area contributed by atoms with Gasteiger partial charge in [0, 0.05) is 36.6 Å². The van der Waals surface area contributed by atoms with Crippen LogP contribution in [0.4, 0.5) is 0 Å². The number of hydrogen-bond donors (Lipinski definition) is 3. The van der Waals surface area contributed by atoms with Crippen molar-refractivity contribution in [1.82, 2.24) is 15.6 Å². The van der Waals surface area contributed by atoms with Crippen molar-refractivity contribution in [3.63, 3.8) is 0 Å². The van der Waals surface area contributed by atoms with Crippen molar-refractivity contribution >= 4 is 22.6 Å². The normalized spacial score (nSPS) is 20.2. The van der Waals surface area contributed by atoms with E-state index in [0.717, 1.165) is 36.5 Å². The summed E-state index contributed by atoms with van der Waals surface area (Å²) in [4.78, 5) is 28.5. The van der Waals surface area contributed by atoms with Crippen molar-refractivity contribution < 1.29 is 9.59 Å². The van der Waals surface area contributed by atoms with Crippen molar-refractivity contribution in [1.29, 1.82) is 0 Å². The Morgan fingerprint density at radius 3 is 2.44 bits per heavy atom. The molecule has 1 heterocycles. The van der Waals surface area contributed by atoms with Crippen LogP contribution in [-0.4, -0.2) is 35.4 Å². The second-order valence-electron chi connectivity index (χ2n) is 6.51. The molecule has 1 aliphatic carbocycles. The lowest BCUT2D eigenvalue weighted by Gasteiger charge is -2.29. The Labute approximate surface area is 147 Å². The number of nitrogens with one attached hydrogen (secondary N) is 2. The van der Waals surface area contributed by atoms with Crippen LogP contribution in [0, 0.1) is 0 Å². The van der Waals surface area contributed by atoms with E-state index in [2.05, 4.69) is 15.6 Å². The Bertz CT molecular complexity index is 749. The first kappa shape index (κ1) is 17.4. The lowest BCUT2D eigenvalue weighted by atomic mass is 9.91. The third-order valence-corrected chi connectivity index (χ3v) is 4.69. The van der Waals surface area contributed by atoms with Gasteiger partial charge in [0.15, 0.2) is 0 Å². The number of pyridine rings is 1. The van der Waals surface area contributed by atoms with Crippen molar-refractivity contribution in [2.24, 2.45) is 5.73 Å². The van der Waals surface area contributed by atoms with Gasteiger partial charge >= 0.3 is 0 Å². The van der Waals surface area contributed by atoms with Crippen molar-refractivity contribution in [3.05, 3.63) is 42.2 Å². The van der Waals surface area contributed by atoms with E-state index in [4.69, 9.17) is 5.73 Å². The zero-order chi connectivity index (χ0) is 17.6. The van der Waals surface area contributed by atoms with Crippen LogP contribution in [0.5, 0.6) is 0 Å². The number of amides is 2. The molecule has 132 valence electrons. The summed E-state index contributed by atoms with van der Waals surface area (Å²) in [5.74, 6) is -0.123. The number of rotatable bonds is 5. The summed E-state index contributed by atoms with van der Waals surface area (Å²) in [6, 6.07) is 9.96. The molecular weight excluding hydrogens is 316 g/mol. The third kappa shape index (κ3) is 4.33. The molecule has 25 heavy (non-hydrogen) atoms. The zero-order valence-electron chi connectivity index (χ0n) is 14.2. The van der Waals surface area contributed by atoms with Gasteiger partial charge in [0.25, 0.3) is 5.91 Å². The van der Waals surface area contributed by atoms with Crippen LogP contribution in [0.2, 0.25) is 0 Å². The largest absolute Gasteiger partial charge is 0.353 e. The second-order valence-corrected chi connectivity index (χ2v) is 6.51. The molecule has 0 atom stereocenters. The van der Waals surface area contributed by atoms with Gasteiger partial charge in [-0.3, -0.25) is 14.6 Å². The van der Waals surface area contributed by atoms with Gasteiger partial charge < -0.3 is 16.4 Å². The van der Waals surface area contributed by atoms with Gasteiger partial charge in [0.2, 0.25) is 5.91 Å². The molecule has 2 aromatic rings. The maximum atomic E-state index is 12.6. The zero-order valence-corrected chi connectivity index (χ0v) is 14.2. The highest BCUT2D eigenvalue weighted by atomic mass is 16.2. The van der Waals surface area contributed by atoms with Crippen LogP contribution < -0.4 is 16.4 Å². The highest BCUT2D eigenvalue weighted by molar-refractivity contribution is 6.05. The summed E-state index contributed by atoms with van der Waals surface area (Å²) in [5.41, 5.74) is 5.86. The van der Waals surface area contributed by atoms with E-state index < -0.39 is 0 Å². The molecule has 1 aliphatic rings. The molecule has 1 aromatic carbocycles. The predicted molar refractivity (Wildman–Crippen MR) is 97.1 cm³/mol. The van der Waals surface area contributed by atoms with E-state index >= 15 is 0 Å². The van der Waals surface area contributed by atoms with Gasteiger partial charge in [0.05, 0.1) is 0 Å². The monoisotopic (exact) mass is 340 g/mol. The Morgan fingerprint density at radius 1 is 1.04 bits per heavy atom. The molecule has 0 spiro atoms. The fourth-order valence-electron chi connectivity index (χ4n) is 3.37. The Hall–Kier alpha value is -2.47. The molecule has 1 fully saturated rings. The first-order chi connectivity index (χ1) is 12.2. The lowest BCUT2D eigenvalue weighted by Crippen LogP contribution is -2.44. The van der Waals surface area contributed by atoms with Crippen LogP contribution in [0.1, 0.15) is 42.6 Å². The van der Waals surface area contributed by atoms with Gasteiger partial charge in [-0.15, -0.1) is 0 Å². The Kier molecular flexibility index (Phi) is 5.60. The maximum Gasteiger partial charge on any atom is 0.270 e. The minimum Gasteiger partial charge on any atom is -0.353 e. The molecule has 1 aromatic heterocycles. The molecule has 2 amide bonds. The summed E-state index contributed by atoms with van der Waals surface area (Å²) in [6.45, 7) is 0.370. The smallest absolute Gasteiger partial charge is 0.270 e. The number of benzene rings is 1. The highest BCUT2D eigenvalue weighted by Gasteiger charge is 2.24. The first-order valence-electron chi connectivity index (χ1n) is 8.81. The van der Waals surface area contributed by atoms with Gasteiger partial charge in [-0.05, 0) is 37.1 Å². The SMILES string of the molecule is NCCC(=O)NC1CCC(NC(=O)c2nccc3ccccc23)CC1. The summed E-state index contributed by atoms with van der Waals surface area (Å²) in [7, 11) is 0. The van der Waals surface area contributed by atoms with E-state index in [0.29, 0.717) is 18.7 Å². The summed E-state index contributed by atoms with van der Waals surface area (Å²) in [5, 5.41) is 7.97. The summed E-state index contributed by atoms with van der Waals surface area (Å²) >= 11 is 0. The van der Waals surface area contributed by atoms with Crippen molar-refractivity contribution in [2.45, 2.75) is 44.2 Å². The van der Waals surface area contributed by atoms with E-state index in [9.17, 15) is 9.59 Å². The molecule has 6 heteroatoms. The van der Waals surface area contributed by atoms with Crippen LogP contribution in [0.15, 0.2) is 36.5 Å². The van der Waals surface area contributed by atoms with Crippen molar-refractivity contribution in [3.8, 4) is 0 Å². The molecule has 0 aliphatic heterocycles. The second kappa shape index (κ2) is 8.07. The van der Waals surface area contributed by atoms with Crippen LogP contribution in [0.25, 0.3) is 10.8 Å². The average molecular weight is 340 g/mol. The standard InChI is InChI=1S/C19H24N4O2/c20-11-9-17(24)22-14-5-7-15(8-6-14)23-19(25)18-16-4-2-1-3-13(16)10-12-21-18/h1-4,10,12,14-15H,5-9,11,20H2,(H,22,24)(H,23,25). The predicted octanol–water partition coefficient (Wildman–Crippen LogP) is 1.74. The van der Waals surface area contributed by atoms with Gasteiger partial charge in [-0.25, -0.2) is 0 Å². The topological polar surface area (TPSA) is 97.1 Å². The summed E-state index contributed by atoms with van der Waals surface area (Å²) in [6.07, 6.45) is 5.47. The number of nitrogens with zero attached hydrogens (tertiary/aromatic N) is 1.